The van der Waals surface area contributed by atoms with Gasteiger partial charge in [0.05, 0.1) is 0 Å². The van der Waals surface area contributed by atoms with Gasteiger partial charge in [0.25, 0.3) is 0 Å². The second-order valence-electron chi connectivity index (χ2n) is 3.85. The molecule has 0 rings (SSSR count). The number of carbonyl (C=O) groups excluding carboxylic acids is 1. The van der Waals surface area contributed by atoms with Crippen molar-refractivity contribution in [1.82, 2.24) is 9.80 Å². The summed E-state index contributed by atoms with van der Waals surface area (Å²) in [6.45, 7) is 7.31. The van der Waals surface area contributed by atoms with Gasteiger partial charge in [0, 0.05) is 19.1 Å². The summed E-state index contributed by atoms with van der Waals surface area (Å²) in [6, 6.07) is 0.212. The largest absolute Gasteiger partial charge is 0.338 e. The van der Waals surface area contributed by atoms with Gasteiger partial charge in [-0.1, -0.05) is 0 Å². The lowest BCUT2D eigenvalue weighted by Crippen LogP contribution is -2.46. The highest BCUT2D eigenvalue weighted by Gasteiger charge is 2.22. The topological polar surface area (TPSA) is 23.6 Å². The van der Waals surface area contributed by atoms with Gasteiger partial charge in [0.2, 0.25) is 5.91 Å². The van der Waals surface area contributed by atoms with E-state index in [1.165, 1.54) is 0 Å². The maximum absolute atomic E-state index is 11.7. The lowest BCUT2D eigenvalue weighted by molar-refractivity contribution is -0.132. The molecule has 0 aromatic heterocycles. The van der Waals surface area contributed by atoms with Gasteiger partial charge in [0.15, 0.2) is 0 Å². The van der Waals surface area contributed by atoms with Crippen LogP contribution in [0.3, 0.4) is 0 Å². The molecule has 2 atom stereocenters. The first-order valence-electron chi connectivity index (χ1n) is 4.99. The van der Waals surface area contributed by atoms with Crippen LogP contribution in [0.15, 0.2) is 0 Å². The molecule has 14 heavy (non-hydrogen) atoms. The van der Waals surface area contributed by atoms with E-state index in [9.17, 15) is 4.79 Å². The van der Waals surface area contributed by atoms with Crippen LogP contribution in [-0.4, -0.2) is 54.3 Å². The molecule has 0 saturated heterocycles. The Balaban J connectivity index is 4.32. The van der Waals surface area contributed by atoms with Gasteiger partial charge in [-0.25, -0.2) is 0 Å². The number of halogens is 1. The first-order chi connectivity index (χ1) is 6.40. The number of nitrogens with zero attached hydrogens (tertiary/aromatic N) is 2. The minimum Gasteiger partial charge on any atom is -0.338 e. The average Bonchev–Trinajstić information content (AvgIpc) is 2.03. The highest BCUT2D eigenvalue weighted by Crippen LogP contribution is 2.06. The fourth-order valence-electron chi connectivity index (χ4n) is 1.54. The highest BCUT2D eigenvalue weighted by molar-refractivity contribution is 6.30. The van der Waals surface area contributed by atoms with Gasteiger partial charge in [0.1, 0.15) is 5.38 Å². The van der Waals surface area contributed by atoms with E-state index in [2.05, 4.69) is 4.90 Å². The van der Waals surface area contributed by atoms with Crippen LogP contribution in [0, 0.1) is 0 Å². The Hall–Kier alpha value is -0.280. The van der Waals surface area contributed by atoms with Gasteiger partial charge in [-0.05, 0) is 34.9 Å². The Kier molecular flexibility index (Phi) is 6.12. The van der Waals surface area contributed by atoms with Crippen molar-refractivity contribution < 1.29 is 4.79 Å². The molecule has 0 bridgehead atoms. The third kappa shape index (κ3) is 4.29. The zero-order chi connectivity index (χ0) is 11.3. The SMILES string of the molecule is CCN(C(=O)C(C)Cl)C(C)CN(C)C. The maximum atomic E-state index is 11.7. The molecule has 1 amide bonds. The molecule has 4 heteroatoms. The number of amides is 1. The molecule has 84 valence electrons. The number of rotatable bonds is 5. The van der Waals surface area contributed by atoms with Gasteiger partial charge >= 0.3 is 0 Å². The standard InChI is InChI=1S/C10H21ClN2O/c1-6-13(10(14)9(3)11)8(2)7-12(4)5/h8-9H,6-7H2,1-5H3. The average molecular weight is 221 g/mol. The Morgan fingerprint density at radius 1 is 1.36 bits per heavy atom. The number of alkyl halides is 1. The normalized spacial score (nSPS) is 15.4. The summed E-state index contributed by atoms with van der Waals surface area (Å²) in [4.78, 5) is 15.6. The fraction of sp³-hybridized carbons (Fsp3) is 0.900. The molecule has 0 saturated carbocycles. The van der Waals surface area contributed by atoms with Crippen LogP contribution in [0.4, 0.5) is 0 Å². The van der Waals surface area contributed by atoms with E-state index in [1.807, 2.05) is 32.8 Å². The monoisotopic (exact) mass is 220 g/mol. The maximum Gasteiger partial charge on any atom is 0.240 e. The zero-order valence-electron chi connectivity index (χ0n) is 9.75. The van der Waals surface area contributed by atoms with E-state index in [-0.39, 0.29) is 11.9 Å². The predicted molar refractivity (Wildman–Crippen MR) is 60.7 cm³/mol. The Morgan fingerprint density at radius 3 is 2.14 bits per heavy atom. The van der Waals surface area contributed by atoms with Gasteiger partial charge in [-0.2, -0.15) is 0 Å². The zero-order valence-corrected chi connectivity index (χ0v) is 10.5. The summed E-state index contributed by atoms with van der Waals surface area (Å²) < 4.78 is 0. The van der Waals surface area contributed by atoms with Crippen LogP contribution in [0.1, 0.15) is 20.8 Å². The molecule has 0 heterocycles. The summed E-state index contributed by atoms with van der Waals surface area (Å²) in [5.74, 6) is 0.0171. The smallest absolute Gasteiger partial charge is 0.240 e. The van der Waals surface area contributed by atoms with E-state index < -0.39 is 5.38 Å². The highest BCUT2D eigenvalue weighted by atomic mass is 35.5. The molecule has 0 aliphatic heterocycles. The van der Waals surface area contributed by atoms with Crippen molar-refractivity contribution in [3.8, 4) is 0 Å². The summed E-state index contributed by atoms with van der Waals surface area (Å²) in [6.07, 6.45) is 0. The molecule has 0 aromatic rings. The summed E-state index contributed by atoms with van der Waals surface area (Å²) in [5, 5.41) is -0.431. The Morgan fingerprint density at radius 2 is 1.86 bits per heavy atom. The fourth-order valence-corrected chi connectivity index (χ4v) is 1.67. The summed E-state index contributed by atoms with van der Waals surface area (Å²) >= 11 is 5.78. The first kappa shape index (κ1) is 13.7. The van der Waals surface area contributed by atoms with Crippen LogP contribution in [0.5, 0.6) is 0 Å². The van der Waals surface area contributed by atoms with E-state index in [0.29, 0.717) is 6.54 Å². The third-order valence-corrected chi connectivity index (χ3v) is 2.31. The molecule has 0 spiro atoms. The van der Waals surface area contributed by atoms with E-state index >= 15 is 0 Å². The Bertz CT molecular complexity index is 183. The van der Waals surface area contributed by atoms with E-state index in [1.54, 1.807) is 6.92 Å². The van der Waals surface area contributed by atoms with Crippen molar-refractivity contribution in [2.75, 3.05) is 27.2 Å². The predicted octanol–water partition coefficient (Wildman–Crippen LogP) is 1.41. The van der Waals surface area contributed by atoms with Crippen molar-refractivity contribution in [2.24, 2.45) is 0 Å². The van der Waals surface area contributed by atoms with E-state index in [0.717, 1.165) is 6.54 Å². The van der Waals surface area contributed by atoms with Gasteiger partial charge in [-0.3, -0.25) is 4.79 Å². The van der Waals surface area contributed by atoms with Crippen molar-refractivity contribution in [3.63, 3.8) is 0 Å². The molecular formula is C10H21ClN2O. The van der Waals surface area contributed by atoms with Crippen LogP contribution in [0.2, 0.25) is 0 Å². The summed E-state index contributed by atoms with van der Waals surface area (Å²) in [5.41, 5.74) is 0. The lowest BCUT2D eigenvalue weighted by atomic mass is 10.2. The van der Waals surface area contributed by atoms with Crippen molar-refractivity contribution >= 4 is 17.5 Å². The lowest BCUT2D eigenvalue weighted by Gasteiger charge is -2.30. The van der Waals surface area contributed by atoms with Crippen molar-refractivity contribution in [3.05, 3.63) is 0 Å². The molecule has 0 radical (unpaired) electrons. The second-order valence-corrected chi connectivity index (χ2v) is 4.51. The molecular weight excluding hydrogens is 200 g/mol. The molecule has 0 N–H and O–H groups in total. The van der Waals surface area contributed by atoms with Crippen LogP contribution >= 0.6 is 11.6 Å². The number of carbonyl (C=O) groups is 1. The summed E-state index contributed by atoms with van der Waals surface area (Å²) in [7, 11) is 4.00. The molecule has 0 fully saturated rings. The van der Waals surface area contributed by atoms with Gasteiger partial charge in [-0.15, -0.1) is 11.6 Å². The number of hydrogen-bond acceptors (Lipinski definition) is 2. The van der Waals surface area contributed by atoms with Crippen LogP contribution in [-0.2, 0) is 4.79 Å². The van der Waals surface area contributed by atoms with Crippen LogP contribution in [0.25, 0.3) is 0 Å². The Labute approximate surface area is 92.0 Å². The van der Waals surface area contributed by atoms with Gasteiger partial charge < -0.3 is 9.80 Å². The molecule has 0 aliphatic carbocycles. The molecule has 0 aliphatic rings. The van der Waals surface area contributed by atoms with E-state index in [4.69, 9.17) is 11.6 Å². The minimum absolute atomic E-state index is 0.0171. The van der Waals surface area contributed by atoms with Crippen molar-refractivity contribution in [1.29, 1.82) is 0 Å². The minimum atomic E-state index is -0.431. The van der Waals surface area contributed by atoms with Crippen LogP contribution < -0.4 is 0 Å². The number of likely N-dealkylation sites (N-methyl/N-ethyl adjacent to an activating group) is 2. The van der Waals surface area contributed by atoms with Crippen molar-refractivity contribution in [2.45, 2.75) is 32.2 Å². The molecule has 3 nitrogen and oxygen atoms in total. The quantitative estimate of drug-likeness (QED) is 0.655. The number of hydrogen-bond donors (Lipinski definition) is 0. The molecule has 2 unspecified atom stereocenters. The second kappa shape index (κ2) is 6.25. The first-order valence-corrected chi connectivity index (χ1v) is 5.43. The molecule has 0 aromatic carbocycles. The third-order valence-electron chi connectivity index (χ3n) is 2.13.